The van der Waals surface area contributed by atoms with E-state index in [1.807, 2.05) is 0 Å². The van der Waals surface area contributed by atoms with Gasteiger partial charge in [-0.25, -0.2) is 0 Å². The van der Waals surface area contributed by atoms with Crippen molar-refractivity contribution in [2.24, 2.45) is 11.7 Å². The highest BCUT2D eigenvalue weighted by Crippen LogP contribution is 2.31. The Balaban J connectivity index is 2.08. The van der Waals surface area contributed by atoms with Crippen molar-refractivity contribution in [3.8, 4) is 0 Å². The summed E-state index contributed by atoms with van der Waals surface area (Å²) in [5.74, 6) is 2.13. The maximum Gasteiger partial charge on any atom is 0.0127 e. The van der Waals surface area contributed by atoms with Crippen molar-refractivity contribution in [3.63, 3.8) is 0 Å². The molecule has 0 aliphatic heterocycles. The van der Waals surface area contributed by atoms with Gasteiger partial charge < -0.3 is 5.73 Å². The Morgan fingerprint density at radius 3 is 2.46 bits per heavy atom. The van der Waals surface area contributed by atoms with Gasteiger partial charge in [-0.15, -0.1) is 0 Å². The van der Waals surface area contributed by atoms with Crippen LogP contribution in [0.2, 0.25) is 0 Å². The fourth-order valence-electron chi connectivity index (χ4n) is 1.77. The molecule has 0 heterocycles. The number of thioether (sulfide) groups is 1. The van der Waals surface area contributed by atoms with Gasteiger partial charge in [0.15, 0.2) is 0 Å². The van der Waals surface area contributed by atoms with Gasteiger partial charge in [0.05, 0.1) is 0 Å². The summed E-state index contributed by atoms with van der Waals surface area (Å²) in [4.78, 5) is 0. The normalized spacial score (nSPS) is 31.6. The summed E-state index contributed by atoms with van der Waals surface area (Å²) in [6.45, 7) is 4.55. The van der Waals surface area contributed by atoms with Gasteiger partial charge in [-0.05, 0) is 38.0 Å². The molecule has 0 aromatic carbocycles. The molecule has 0 radical (unpaired) electrons. The van der Waals surface area contributed by atoms with Crippen LogP contribution < -0.4 is 5.73 Å². The van der Waals surface area contributed by atoms with Crippen LogP contribution >= 0.6 is 11.8 Å². The van der Waals surface area contributed by atoms with E-state index in [2.05, 4.69) is 25.6 Å². The molecule has 1 aliphatic carbocycles. The fraction of sp³-hybridized carbons (Fsp3) is 1.00. The fourth-order valence-corrected chi connectivity index (χ4v) is 3.13. The number of rotatable bonds is 4. The van der Waals surface area contributed by atoms with Crippen molar-refractivity contribution < 1.29 is 0 Å². The van der Waals surface area contributed by atoms with Crippen LogP contribution in [0.5, 0.6) is 0 Å². The molecule has 0 aromatic rings. The van der Waals surface area contributed by atoms with Gasteiger partial charge >= 0.3 is 0 Å². The van der Waals surface area contributed by atoms with Crippen LogP contribution in [0.3, 0.4) is 0 Å². The third-order valence-electron chi connectivity index (χ3n) is 3.03. The molecule has 0 aromatic heterocycles. The number of hydrogen-bond acceptors (Lipinski definition) is 2. The molecule has 1 nitrogen and oxygen atoms in total. The Bertz CT molecular complexity index is 130. The topological polar surface area (TPSA) is 26.0 Å². The third kappa shape index (κ3) is 4.37. The minimum absolute atomic E-state index is 0.421. The minimum Gasteiger partial charge on any atom is -0.327 e. The SMILES string of the molecule is CCC(N)CSC1CCC(C)CC1. The largest absolute Gasteiger partial charge is 0.327 e. The summed E-state index contributed by atoms with van der Waals surface area (Å²) >= 11 is 2.11. The van der Waals surface area contributed by atoms with E-state index in [0.29, 0.717) is 6.04 Å². The molecule has 1 atom stereocenters. The Kier molecular flexibility index (Phi) is 5.18. The van der Waals surface area contributed by atoms with Crippen molar-refractivity contribution in [1.29, 1.82) is 0 Å². The Hall–Kier alpha value is 0.310. The quantitative estimate of drug-likeness (QED) is 0.756. The van der Waals surface area contributed by atoms with E-state index in [1.165, 1.54) is 25.7 Å². The zero-order valence-electron chi connectivity index (χ0n) is 8.96. The highest BCUT2D eigenvalue weighted by atomic mass is 32.2. The third-order valence-corrected chi connectivity index (χ3v) is 4.60. The van der Waals surface area contributed by atoms with Crippen molar-refractivity contribution in [2.45, 2.75) is 57.2 Å². The van der Waals surface area contributed by atoms with Crippen molar-refractivity contribution in [1.82, 2.24) is 0 Å². The second-order valence-corrected chi connectivity index (χ2v) is 5.72. The Morgan fingerprint density at radius 2 is 1.92 bits per heavy atom. The average Bonchev–Trinajstić information content (AvgIpc) is 2.16. The van der Waals surface area contributed by atoms with Crippen LogP contribution in [0.15, 0.2) is 0 Å². The van der Waals surface area contributed by atoms with Gasteiger partial charge in [0.1, 0.15) is 0 Å². The standard InChI is InChI=1S/C11H23NS/c1-3-10(12)8-13-11-6-4-9(2)5-7-11/h9-11H,3-8,12H2,1-2H3. The number of hydrogen-bond donors (Lipinski definition) is 1. The first-order valence-electron chi connectivity index (χ1n) is 5.59. The Morgan fingerprint density at radius 1 is 1.31 bits per heavy atom. The second kappa shape index (κ2) is 5.92. The van der Waals surface area contributed by atoms with Crippen LogP contribution in [0, 0.1) is 5.92 Å². The molecule has 0 saturated heterocycles. The lowest BCUT2D eigenvalue weighted by Gasteiger charge is -2.26. The molecule has 1 fully saturated rings. The van der Waals surface area contributed by atoms with Gasteiger partial charge in [0.2, 0.25) is 0 Å². The molecule has 2 heteroatoms. The summed E-state index contributed by atoms with van der Waals surface area (Å²) in [6.07, 6.45) is 6.82. The molecule has 78 valence electrons. The molecule has 1 aliphatic rings. The monoisotopic (exact) mass is 201 g/mol. The van der Waals surface area contributed by atoms with Crippen LogP contribution in [0.25, 0.3) is 0 Å². The first kappa shape index (κ1) is 11.4. The molecule has 0 bridgehead atoms. The van der Waals surface area contributed by atoms with Gasteiger partial charge in [-0.3, -0.25) is 0 Å². The van der Waals surface area contributed by atoms with Gasteiger partial charge in [-0.1, -0.05) is 13.8 Å². The van der Waals surface area contributed by atoms with Crippen molar-refractivity contribution in [2.75, 3.05) is 5.75 Å². The van der Waals surface area contributed by atoms with E-state index in [0.717, 1.165) is 23.3 Å². The lowest BCUT2D eigenvalue weighted by molar-refractivity contribution is 0.393. The first-order valence-corrected chi connectivity index (χ1v) is 6.64. The molecule has 13 heavy (non-hydrogen) atoms. The van der Waals surface area contributed by atoms with E-state index in [-0.39, 0.29) is 0 Å². The van der Waals surface area contributed by atoms with E-state index in [4.69, 9.17) is 5.73 Å². The van der Waals surface area contributed by atoms with Crippen molar-refractivity contribution in [3.05, 3.63) is 0 Å². The summed E-state index contributed by atoms with van der Waals surface area (Å²) in [5, 5.41) is 0.911. The minimum atomic E-state index is 0.421. The van der Waals surface area contributed by atoms with Crippen LogP contribution in [-0.4, -0.2) is 17.0 Å². The zero-order chi connectivity index (χ0) is 9.68. The van der Waals surface area contributed by atoms with E-state index < -0.39 is 0 Å². The second-order valence-electron chi connectivity index (χ2n) is 4.38. The van der Waals surface area contributed by atoms with Crippen LogP contribution in [-0.2, 0) is 0 Å². The Labute approximate surface area is 86.8 Å². The first-order chi connectivity index (χ1) is 6.22. The maximum atomic E-state index is 5.90. The molecule has 1 unspecified atom stereocenters. The van der Waals surface area contributed by atoms with E-state index >= 15 is 0 Å². The lowest BCUT2D eigenvalue weighted by atomic mass is 9.91. The molecule has 0 spiro atoms. The van der Waals surface area contributed by atoms with Crippen LogP contribution in [0.4, 0.5) is 0 Å². The lowest BCUT2D eigenvalue weighted by Crippen LogP contribution is -2.24. The van der Waals surface area contributed by atoms with Gasteiger partial charge in [0.25, 0.3) is 0 Å². The summed E-state index contributed by atoms with van der Waals surface area (Å²) in [6, 6.07) is 0.421. The zero-order valence-corrected chi connectivity index (χ0v) is 9.78. The summed E-state index contributed by atoms with van der Waals surface area (Å²) in [5.41, 5.74) is 5.90. The molecule has 1 saturated carbocycles. The molecule has 2 N–H and O–H groups in total. The molecular weight excluding hydrogens is 178 g/mol. The average molecular weight is 201 g/mol. The summed E-state index contributed by atoms with van der Waals surface area (Å²) in [7, 11) is 0. The number of nitrogens with two attached hydrogens (primary N) is 1. The maximum absolute atomic E-state index is 5.90. The van der Waals surface area contributed by atoms with Crippen LogP contribution in [0.1, 0.15) is 46.0 Å². The molecule has 1 rings (SSSR count). The highest BCUT2D eigenvalue weighted by molar-refractivity contribution is 7.99. The smallest absolute Gasteiger partial charge is 0.0127 e. The highest BCUT2D eigenvalue weighted by Gasteiger charge is 2.18. The van der Waals surface area contributed by atoms with Gasteiger partial charge in [0, 0.05) is 17.0 Å². The molecule has 0 amide bonds. The summed E-state index contributed by atoms with van der Waals surface area (Å²) < 4.78 is 0. The van der Waals surface area contributed by atoms with Gasteiger partial charge in [-0.2, -0.15) is 11.8 Å². The van der Waals surface area contributed by atoms with E-state index in [1.54, 1.807) is 0 Å². The predicted octanol–water partition coefficient (Wildman–Crippen LogP) is 3.04. The van der Waals surface area contributed by atoms with Crippen molar-refractivity contribution >= 4 is 11.8 Å². The molecular formula is C11H23NS. The van der Waals surface area contributed by atoms with E-state index in [9.17, 15) is 0 Å². The predicted molar refractivity (Wildman–Crippen MR) is 62.1 cm³/mol.